The number of hydrogen-bond acceptors (Lipinski definition) is 4. The van der Waals surface area contributed by atoms with Gasteiger partial charge in [0, 0.05) is 5.69 Å². The lowest BCUT2D eigenvalue weighted by molar-refractivity contribution is 1.15. The van der Waals surface area contributed by atoms with Crippen LogP contribution in [0.5, 0.6) is 0 Å². The molecule has 0 aliphatic heterocycles. The van der Waals surface area contributed by atoms with Gasteiger partial charge >= 0.3 is 0 Å². The Morgan fingerprint density at radius 1 is 1.17 bits per heavy atom. The monoisotopic (exact) mass is 298 g/mol. The summed E-state index contributed by atoms with van der Waals surface area (Å²) in [5, 5.41) is 12.6. The van der Waals surface area contributed by atoms with E-state index in [1.54, 1.807) is 18.2 Å². The summed E-state index contributed by atoms with van der Waals surface area (Å²) in [6, 6.07) is 6.89. The SMILES string of the molecule is N#Cc1cnc(Nc2ccc(Cl)c(Cl)c2)nc1Cl. The summed E-state index contributed by atoms with van der Waals surface area (Å²) < 4.78 is 0. The van der Waals surface area contributed by atoms with Gasteiger partial charge in [0.25, 0.3) is 0 Å². The molecule has 0 unspecified atom stereocenters. The van der Waals surface area contributed by atoms with Crippen LogP contribution in [0.25, 0.3) is 0 Å². The zero-order chi connectivity index (χ0) is 13.1. The molecule has 0 saturated carbocycles. The van der Waals surface area contributed by atoms with Crippen LogP contribution in [0.2, 0.25) is 15.2 Å². The first-order valence-corrected chi connectivity index (χ1v) is 5.88. The highest BCUT2D eigenvalue weighted by molar-refractivity contribution is 6.42. The number of nitriles is 1. The summed E-state index contributed by atoms with van der Waals surface area (Å²) in [6.07, 6.45) is 1.34. The first-order valence-electron chi connectivity index (χ1n) is 4.75. The standard InChI is InChI=1S/C11H5Cl3N4/c12-8-2-1-7(3-9(8)13)17-11-16-5-6(4-15)10(14)18-11/h1-3,5H,(H,16,17,18). The number of rotatable bonds is 2. The van der Waals surface area contributed by atoms with Crippen LogP contribution in [0.1, 0.15) is 5.56 Å². The topological polar surface area (TPSA) is 61.6 Å². The van der Waals surface area contributed by atoms with Crippen molar-refractivity contribution in [2.45, 2.75) is 0 Å². The summed E-state index contributed by atoms with van der Waals surface area (Å²) in [6.45, 7) is 0. The molecule has 0 fully saturated rings. The average Bonchev–Trinajstić information content (AvgIpc) is 2.34. The molecule has 0 aliphatic rings. The second-order valence-corrected chi connectivity index (χ2v) is 4.44. The van der Waals surface area contributed by atoms with Crippen molar-refractivity contribution in [3.63, 3.8) is 0 Å². The number of benzene rings is 1. The Hall–Kier alpha value is -1.54. The lowest BCUT2D eigenvalue weighted by Gasteiger charge is -2.06. The molecule has 0 amide bonds. The fraction of sp³-hybridized carbons (Fsp3) is 0. The van der Waals surface area contributed by atoms with Gasteiger partial charge in [-0.15, -0.1) is 0 Å². The van der Waals surface area contributed by atoms with Gasteiger partial charge in [-0.05, 0) is 18.2 Å². The molecule has 0 saturated heterocycles. The maximum atomic E-state index is 8.70. The van der Waals surface area contributed by atoms with E-state index in [2.05, 4.69) is 15.3 Å². The molecule has 90 valence electrons. The van der Waals surface area contributed by atoms with Crippen LogP contribution >= 0.6 is 34.8 Å². The van der Waals surface area contributed by atoms with Crippen LogP contribution in [-0.4, -0.2) is 9.97 Å². The van der Waals surface area contributed by atoms with Gasteiger partial charge in [0.1, 0.15) is 11.6 Å². The Morgan fingerprint density at radius 2 is 1.94 bits per heavy atom. The van der Waals surface area contributed by atoms with Crippen LogP contribution in [-0.2, 0) is 0 Å². The van der Waals surface area contributed by atoms with Crippen LogP contribution < -0.4 is 5.32 Å². The number of aromatic nitrogens is 2. The van der Waals surface area contributed by atoms with Gasteiger partial charge in [-0.3, -0.25) is 0 Å². The predicted octanol–water partition coefficient (Wildman–Crippen LogP) is 4.05. The number of halogens is 3. The van der Waals surface area contributed by atoms with E-state index in [0.29, 0.717) is 15.7 Å². The van der Waals surface area contributed by atoms with Crippen molar-refractivity contribution >= 4 is 46.4 Å². The quantitative estimate of drug-likeness (QED) is 0.850. The molecule has 18 heavy (non-hydrogen) atoms. The van der Waals surface area contributed by atoms with E-state index in [9.17, 15) is 0 Å². The van der Waals surface area contributed by atoms with Gasteiger partial charge in [-0.25, -0.2) is 4.98 Å². The van der Waals surface area contributed by atoms with Gasteiger partial charge < -0.3 is 5.32 Å². The van der Waals surface area contributed by atoms with Gasteiger partial charge in [-0.2, -0.15) is 10.2 Å². The lowest BCUT2D eigenvalue weighted by Crippen LogP contribution is -1.98. The Kier molecular flexibility index (Phi) is 3.87. The first-order chi connectivity index (χ1) is 8.60. The largest absolute Gasteiger partial charge is 0.324 e. The Labute approximate surface area is 118 Å². The Balaban J connectivity index is 2.26. The van der Waals surface area contributed by atoms with Crippen molar-refractivity contribution in [1.29, 1.82) is 5.26 Å². The summed E-state index contributed by atoms with van der Waals surface area (Å²) in [4.78, 5) is 7.89. The van der Waals surface area contributed by atoms with E-state index in [0.717, 1.165) is 0 Å². The molecular weight excluding hydrogens is 295 g/mol. The third-order valence-electron chi connectivity index (χ3n) is 2.04. The van der Waals surface area contributed by atoms with E-state index < -0.39 is 0 Å². The van der Waals surface area contributed by atoms with E-state index in [1.807, 2.05) is 6.07 Å². The van der Waals surface area contributed by atoms with Crippen molar-refractivity contribution < 1.29 is 0 Å². The molecule has 0 atom stereocenters. The highest BCUT2D eigenvalue weighted by Gasteiger charge is 2.05. The maximum absolute atomic E-state index is 8.70. The van der Waals surface area contributed by atoms with Crippen LogP contribution in [0.4, 0.5) is 11.6 Å². The third-order valence-corrected chi connectivity index (χ3v) is 3.07. The van der Waals surface area contributed by atoms with Gasteiger partial charge in [0.15, 0.2) is 5.15 Å². The number of anilines is 2. The molecule has 1 aromatic carbocycles. The second-order valence-electron chi connectivity index (χ2n) is 3.26. The fourth-order valence-corrected chi connectivity index (χ4v) is 1.67. The fourth-order valence-electron chi connectivity index (χ4n) is 1.20. The summed E-state index contributed by atoms with van der Waals surface area (Å²) >= 11 is 17.5. The third kappa shape index (κ3) is 2.82. The molecule has 1 aromatic heterocycles. The number of nitrogens with one attached hydrogen (secondary N) is 1. The Bertz CT molecular complexity index is 637. The van der Waals surface area contributed by atoms with Crippen molar-refractivity contribution in [3.05, 3.63) is 45.2 Å². The molecule has 0 bridgehead atoms. The number of nitrogens with zero attached hydrogens (tertiary/aromatic N) is 3. The van der Waals surface area contributed by atoms with Gasteiger partial charge in [0.2, 0.25) is 5.95 Å². The first kappa shape index (κ1) is 12.9. The van der Waals surface area contributed by atoms with E-state index >= 15 is 0 Å². The van der Waals surface area contributed by atoms with E-state index in [1.165, 1.54) is 6.20 Å². The van der Waals surface area contributed by atoms with Crippen molar-refractivity contribution in [2.24, 2.45) is 0 Å². The molecule has 1 heterocycles. The average molecular weight is 300 g/mol. The van der Waals surface area contributed by atoms with Crippen LogP contribution in [0.3, 0.4) is 0 Å². The van der Waals surface area contributed by atoms with Crippen molar-refractivity contribution in [3.8, 4) is 6.07 Å². The van der Waals surface area contributed by atoms with Crippen LogP contribution in [0.15, 0.2) is 24.4 Å². The zero-order valence-corrected chi connectivity index (χ0v) is 11.1. The van der Waals surface area contributed by atoms with E-state index in [-0.39, 0.29) is 16.7 Å². The summed E-state index contributed by atoms with van der Waals surface area (Å²) in [7, 11) is 0. The second kappa shape index (κ2) is 5.40. The minimum atomic E-state index is 0.0926. The molecule has 2 rings (SSSR count). The van der Waals surface area contributed by atoms with Gasteiger partial charge in [-0.1, -0.05) is 34.8 Å². The molecule has 0 aliphatic carbocycles. The highest BCUT2D eigenvalue weighted by atomic mass is 35.5. The normalized spacial score (nSPS) is 9.89. The molecule has 0 spiro atoms. The highest BCUT2D eigenvalue weighted by Crippen LogP contribution is 2.26. The zero-order valence-electron chi connectivity index (χ0n) is 8.78. The molecule has 2 aromatic rings. The number of hydrogen-bond donors (Lipinski definition) is 1. The minimum absolute atomic E-state index is 0.0926. The molecule has 0 radical (unpaired) electrons. The smallest absolute Gasteiger partial charge is 0.228 e. The maximum Gasteiger partial charge on any atom is 0.228 e. The van der Waals surface area contributed by atoms with Gasteiger partial charge in [0.05, 0.1) is 16.2 Å². The lowest BCUT2D eigenvalue weighted by atomic mass is 10.3. The molecular formula is C11H5Cl3N4. The van der Waals surface area contributed by atoms with E-state index in [4.69, 9.17) is 40.1 Å². The Morgan fingerprint density at radius 3 is 2.56 bits per heavy atom. The molecule has 7 heteroatoms. The molecule has 1 N–H and O–H groups in total. The van der Waals surface area contributed by atoms with Crippen LogP contribution in [0, 0.1) is 11.3 Å². The van der Waals surface area contributed by atoms with Crippen molar-refractivity contribution in [2.75, 3.05) is 5.32 Å². The summed E-state index contributed by atoms with van der Waals surface area (Å²) in [5.74, 6) is 0.275. The predicted molar refractivity (Wildman–Crippen MR) is 71.5 cm³/mol. The minimum Gasteiger partial charge on any atom is -0.324 e. The summed E-state index contributed by atoms with van der Waals surface area (Å²) in [5.41, 5.74) is 0.890. The molecule has 4 nitrogen and oxygen atoms in total. The van der Waals surface area contributed by atoms with Crippen molar-refractivity contribution in [1.82, 2.24) is 9.97 Å².